The van der Waals surface area contributed by atoms with Gasteiger partial charge < -0.3 is 10.5 Å². The van der Waals surface area contributed by atoms with E-state index in [-0.39, 0.29) is 22.6 Å². The van der Waals surface area contributed by atoms with Crippen LogP contribution in [0.4, 0.5) is 4.39 Å². The largest absolute Gasteiger partial charge is 0.455 e. The minimum absolute atomic E-state index is 0.0381. The lowest BCUT2D eigenvalue weighted by Gasteiger charge is -2.10. The molecule has 0 heterocycles. The van der Waals surface area contributed by atoms with E-state index in [1.807, 2.05) is 0 Å². The first-order chi connectivity index (χ1) is 9.13. The van der Waals surface area contributed by atoms with Crippen molar-refractivity contribution in [3.63, 3.8) is 0 Å². The molecule has 4 nitrogen and oxygen atoms in total. The predicted octanol–water partition coefficient (Wildman–Crippen LogP) is 2.59. The summed E-state index contributed by atoms with van der Waals surface area (Å²) >= 11 is 0. The number of rotatable bonds is 3. The van der Waals surface area contributed by atoms with Crippen molar-refractivity contribution in [3.05, 3.63) is 59.4 Å². The van der Waals surface area contributed by atoms with Gasteiger partial charge in [0, 0.05) is 0 Å². The van der Waals surface area contributed by atoms with Crippen LogP contribution in [-0.4, -0.2) is 5.91 Å². The summed E-state index contributed by atoms with van der Waals surface area (Å²) in [6.45, 7) is 0. The minimum Gasteiger partial charge on any atom is -0.455 e. The van der Waals surface area contributed by atoms with E-state index in [1.54, 1.807) is 18.2 Å². The maximum absolute atomic E-state index is 13.4. The quantitative estimate of drug-likeness (QED) is 0.916. The van der Waals surface area contributed by atoms with Crippen molar-refractivity contribution in [2.75, 3.05) is 0 Å². The molecule has 0 atom stereocenters. The molecule has 2 aromatic rings. The van der Waals surface area contributed by atoms with Gasteiger partial charge in [-0.15, -0.1) is 0 Å². The summed E-state index contributed by atoms with van der Waals surface area (Å²) in [4.78, 5) is 11.2. The first-order valence-corrected chi connectivity index (χ1v) is 5.39. The maximum atomic E-state index is 13.4. The standard InChI is InChI=1S/C14H9FN2O2/c15-11-5-3-7-13(10(11)8-16)19-12-6-2-1-4-9(12)14(17)18/h1-7H,(H2,17,18). The minimum atomic E-state index is -0.684. The van der Waals surface area contributed by atoms with Gasteiger partial charge in [-0.3, -0.25) is 4.79 Å². The van der Waals surface area contributed by atoms with E-state index >= 15 is 0 Å². The number of carbonyl (C=O) groups excluding carboxylic acids is 1. The van der Waals surface area contributed by atoms with Crippen molar-refractivity contribution < 1.29 is 13.9 Å². The van der Waals surface area contributed by atoms with Crippen LogP contribution >= 0.6 is 0 Å². The average Bonchev–Trinajstić information content (AvgIpc) is 2.39. The van der Waals surface area contributed by atoms with Crippen LogP contribution in [0.15, 0.2) is 42.5 Å². The highest BCUT2D eigenvalue weighted by Gasteiger charge is 2.13. The van der Waals surface area contributed by atoms with Gasteiger partial charge in [0.15, 0.2) is 0 Å². The van der Waals surface area contributed by atoms with Crippen LogP contribution in [0.25, 0.3) is 0 Å². The van der Waals surface area contributed by atoms with Crippen molar-refractivity contribution in [2.24, 2.45) is 5.73 Å². The van der Waals surface area contributed by atoms with E-state index in [0.29, 0.717) is 0 Å². The molecule has 2 N–H and O–H groups in total. The summed E-state index contributed by atoms with van der Waals surface area (Å²) in [5.41, 5.74) is 5.15. The van der Waals surface area contributed by atoms with Crippen molar-refractivity contribution in [1.82, 2.24) is 0 Å². The number of amides is 1. The van der Waals surface area contributed by atoms with Crippen molar-refractivity contribution in [2.45, 2.75) is 0 Å². The Morgan fingerprint density at radius 1 is 1.16 bits per heavy atom. The van der Waals surface area contributed by atoms with E-state index in [4.69, 9.17) is 15.7 Å². The lowest BCUT2D eigenvalue weighted by Crippen LogP contribution is -2.12. The smallest absolute Gasteiger partial charge is 0.252 e. The van der Waals surface area contributed by atoms with Crippen LogP contribution in [0.1, 0.15) is 15.9 Å². The zero-order chi connectivity index (χ0) is 13.8. The Morgan fingerprint density at radius 2 is 1.84 bits per heavy atom. The number of ether oxygens (including phenoxy) is 1. The fourth-order valence-corrected chi connectivity index (χ4v) is 1.58. The molecule has 5 heteroatoms. The van der Waals surface area contributed by atoms with Crippen LogP contribution in [0.2, 0.25) is 0 Å². The fraction of sp³-hybridized carbons (Fsp3) is 0. The average molecular weight is 256 g/mol. The molecule has 0 fully saturated rings. The highest BCUT2D eigenvalue weighted by Crippen LogP contribution is 2.28. The highest BCUT2D eigenvalue weighted by molar-refractivity contribution is 5.95. The monoisotopic (exact) mass is 256 g/mol. The van der Waals surface area contributed by atoms with Gasteiger partial charge in [-0.05, 0) is 24.3 Å². The summed E-state index contributed by atoms with van der Waals surface area (Å²) in [6.07, 6.45) is 0. The van der Waals surface area contributed by atoms with Crippen molar-refractivity contribution in [1.29, 1.82) is 5.26 Å². The molecule has 1 amide bonds. The predicted molar refractivity (Wildman–Crippen MR) is 66.1 cm³/mol. The first-order valence-electron chi connectivity index (χ1n) is 5.39. The van der Waals surface area contributed by atoms with Gasteiger partial charge in [-0.2, -0.15) is 5.26 Å². The van der Waals surface area contributed by atoms with Gasteiger partial charge in [-0.1, -0.05) is 18.2 Å². The van der Waals surface area contributed by atoms with E-state index in [0.717, 1.165) is 6.07 Å². The zero-order valence-electron chi connectivity index (χ0n) is 9.76. The molecule has 0 spiro atoms. The van der Waals surface area contributed by atoms with Gasteiger partial charge in [-0.25, -0.2) is 4.39 Å². The maximum Gasteiger partial charge on any atom is 0.252 e. The number of hydrogen-bond donors (Lipinski definition) is 1. The summed E-state index contributed by atoms with van der Waals surface area (Å²) < 4.78 is 18.8. The van der Waals surface area contributed by atoms with E-state index in [2.05, 4.69) is 0 Å². The van der Waals surface area contributed by atoms with Gasteiger partial charge in [0.05, 0.1) is 5.56 Å². The molecule has 0 saturated heterocycles. The molecular formula is C14H9FN2O2. The lowest BCUT2D eigenvalue weighted by atomic mass is 10.1. The Morgan fingerprint density at radius 3 is 2.53 bits per heavy atom. The summed E-state index contributed by atoms with van der Waals surface area (Å²) in [6, 6.07) is 12.0. The molecule has 0 saturated carbocycles. The normalized spacial score (nSPS) is 9.68. The van der Waals surface area contributed by atoms with Crippen LogP contribution in [0.3, 0.4) is 0 Å². The highest BCUT2D eigenvalue weighted by atomic mass is 19.1. The number of para-hydroxylation sites is 1. The van der Waals surface area contributed by atoms with Crippen molar-refractivity contribution >= 4 is 5.91 Å². The molecular weight excluding hydrogens is 247 g/mol. The van der Waals surface area contributed by atoms with Gasteiger partial charge in [0.1, 0.15) is 28.9 Å². The molecule has 19 heavy (non-hydrogen) atoms. The number of nitrogens with zero attached hydrogens (tertiary/aromatic N) is 1. The van der Waals surface area contributed by atoms with Gasteiger partial charge in [0.2, 0.25) is 0 Å². The Hall–Kier alpha value is -2.87. The first kappa shape index (κ1) is 12.6. The molecule has 2 aromatic carbocycles. The summed E-state index contributed by atoms with van der Waals surface area (Å²) in [5.74, 6) is -1.13. The molecule has 0 aliphatic carbocycles. The summed E-state index contributed by atoms with van der Waals surface area (Å²) in [5, 5.41) is 8.89. The van der Waals surface area contributed by atoms with Gasteiger partial charge in [0.25, 0.3) is 5.91 Å². The van der Waals surface area contributed by atoms with Crippen LogP contribution in [0, 0.1) is 17.1 Å². The number of benzene rings is 2. The van der Waals surface area contributed by atoms with Crippen LogP contribution < -0.4 is 10.5 Å². The topological polar surface area (TPSA) is 76.1 Å². The van der Waals surface area contributed by atoms with Crippen LogP contribution in [-0.2, 0) is 0 Å². The lowest BCUT2D eigenvalue weighted by molar-refractivity contribution is 0.0998. The molecule has 2 rings (SSSR count). The molecule has 94 valence electrons. The van der Waals surface area contributed by atoms with Crippen LogP contribution in [0.5, 0.6) is 11.5 Å². The molecule has 0 aliphatic heterocycles. The molecule has 0 bridgehead atoms. The Kier molecular flexibility index (Phi) is 3.44. The molecule has 0 radical (unpaired) electrons. The number of carbonyl (C=O) groups is 1. The Balaban J connectivity index is 2.46. The second kappa shape index (κ2) is 5.19. The molecule has 0 aliphatic rings. The van der Waals surface area contributed by atoms with Gasteiger partial charge >= 0.3 is 0 Å². The number of nitriles is 1. The number of halogens is 1. The number of primary amides is 1. The third-order valence-electron chi connectivity index (χ3n) is 2.46. The third kappa shape index (κ3) is 2.53. The van der Waals surface area contributed by atoms with E-state index in [9.17, 15) is 9.18 Å². The molecule has 0 aromatic heterocycles. The fourth-order valence-electron chi connectivity index (χ4n) is 1.58. The zero-order valence-corrected chi connectivity index (χ0v) is 9.76. The second-order valence-corrected chi connectivity index (χ2v) is 3.69. The SMILES string of the molecule is N#Cc1c(F)cccc1Oc1ccccc1C(N)=O. The van der Waals surface area contributed by atoms with Crippen molar-refractivity contribution in [3.8, 4) is 17.6 Å². The third-order valence-corrected chi connectivity index (χ3v) is 2.46. The number of hydrogen-bond acceptors (Lipinski definition) is 3. The van der Waals surface area contributed by atoms with E-state index < -0.39 is 11.7 Å². The Bertz CT molecular complexity index is 677. The van der Waals surface area contributed by atoms with E-state index in [1.165, 1.54) is 24.3 Å². The second-order valence-electron chi connectivity index (χ2n) is 3.69. The Labute approximate surface area is 108 Å². The molecule has 0 unspecified atom stereocenters. The number of nitrogens with two attached hydrogens (primary N) is 1. The summed E-state index contributed by atoms with van der Waals surface area (Å²) in [7, 11) is 0.